The van der Waals surface area contributed by atoms with Gasteiger partial charge < -0.3 is 10.2 Å². The topological polar surface area (TPSA) is 52.7 Å². The summed E-state index contributed by atoms with van der Waals surface area (Å²) in [5, 5.41) is 2.96. The maximum absolute atomic E-state index is 12.5. The largest absolute Gasteiger partial charge is 0.352 e. The van der Waals surface area contributed by atoms with Gasteiger partial charge in [-0.1, -0.05) is 12.8 Å². The molecule has 0 aromatic heterocycles. The quantitative estimate of drug-likeness (QED) is 0.817. The van der Waals surface area contributed by atoms with Gasteiger partial charge in [-0.15, -0.1) is 0 Å². The molecule has 114 valence electrons. The Balaban J connectivity index is 1.79. The van der Waals surface area contributed by atoms with Crippen LogP contribution in [0.4, 0.5) is 0 Å². The first kappa shape index (κ1) is 15.3. The highest BCUT2D eigenvalue weighted by Gasteiger charge is 2.27. The molecule has 1 saturated carbocycles. The summed E-state index contributed by atoms with van der Waals surface area (Å²) < 4.78 is 0. The van der Waals surface area contributed by atoms with Gasteiger partial charge in [-0.05, 0) is 39.7 Å². The maximum Gasteiger partial charge on any atom is 0.239 e. The average molecular weight is 281 g/mol. The van der Waals surface area contributed by atoms with E-state index in [0.717, 1.165) is 38.8 Å². The number of amides is 2. The molecule has 0 aromatic rings. The first-order chi connectivity index (χ1) is 9.58. The van der Waals surface area contributed by atoms with E-state index in [-0.39, 0.29) is 17.9 Å². The van der Waals surface area contributed by atoms with Crippen LogP contribution in [0.2, 0.25) is 0 Å². The molecule has 0 aromatic carbocycles. The van der Waals surface area contributed by atoms with Crippen LogP contribution in [-0.4, -0.2) is 60.4 Å². The van der Waals surface area contributed by atoms with Gasteiger partial charge in [0.05, 0.1) is 12.6 Å². The Kier molecular flexibility index (Phi) is 5.40. The molecule has 2 amide bonds. The van der Waals surface area contributed by atoms with E-state index in [1.807, 2.05) is 23.8 Å². The third kappa shape index (κ3) is 4.47. The number of rotatable bonds is 5. The molecule has 2 rings (SSSR count). The summed E-state index contributed by atoms with van der Waals surface area (Å²) in [6, 6.07) is 0.158. The van der Waals surface area contributed by atoms with Crippen LogP contribution in [0.25, 0.3) is 0 Å². The fraction of sp³-hybridized carbons (Fsp3) is 0.867. The van der Waals surface area contributed by atoms with Crippen LogP contribution in [0.5, 0.6) is 0 Å². The van der Waals surface area contributed by atoms with E-state index < -0.39 is 0 Å². The minimum Gasteiger partial charge on any atom is -0.352 e. The Morgan fingerprint density at radius 1 is 1.20 bits per heavy atom. The van der Waals surface area contributed by atoms with E-state index in [1.54, 1.807) is 0 Å². The highest BCUT2D eigenvalue weighted by atomic mass is 16.2. The van der Waals surface area contributed by atoms with Gasteiger partial charge in [-0.3, -0.25) is 14.5 Å². The van der Waals surface area contributed by atoms with Crippen molar-refractivity contribution in [2.75, 3.05) is 26.7 Å². The van der Waals surface area contributed by atoms with Crippen molar-refractivity contribution in [1.82, 2.24) is 15.1 Å². The third-order valence-electron chi connectivity index (χ3n) is 4.27. The highest BCUT2D eigenvalue weighted by molar-refractivity contribution is 5.83. The zero-order chi connectivity index (χ0) is 14.5. The van der Waals surface area contributed by atoms with Gasteiger partial charge in [0.1, 0.15) is 0 Å². The lowest BCUT2D eigenvalue weighted by atomic mass is 10.2. The van der Waals surface area contributed by atoms with E-state index >= 15 is 0 Å². The number of nitrogens with zero attached hydrogens (tertiary/aromatic N) is 2. The normalized spacial score (nSPS) is 21.4. The smallest absolute Gasteiger partial charge is 0.239 e. The Morgan fingerprint density at radius 2 is 1.80 bits per heavy atom. The van der Waals surface area contributed by atoms with Gasteiger partial charge in [0.2, 0.25) is 11.8 Å². The van der Waals surface area contributed by atoms with E-state index in [4.69, 9.17) is 0 Å². The fourth-order valence-electron chi connectivity index (χ4n) is 2.61. The molecule has 2 fully saturated rings. The molecule has 0 spiro atoms. The Labute approximate surface area is 121 Å². The van der Waals surface area contributed by atoms with Crippen LogP contribution in [0, 0.1) is 0 Å². The van der Waals surface area contributed by atoms with Crippen LogP contribution in [0.15, 0.2) is 0 Å². The van der Waals surface area contributed by atoms with Gasteiger partial charge in [0.25, 0.3) is 0 Å². The molecule has 20 heavy (non-hydrogen) atoms. The summed E-state index contributed by atoms with van der Waals surface area (Å²) in [5.74, 6) is 0.194. The monoisotopic (exact) mass is 281 g/mol. The molecule has 5 heteroatoms. The van der Waals surface area contributed by atoms with Crippen molar-refractivity contribution in [2.45, 2.75) is 57.5 Å². The molecule has 1 aliphatic carbocycles. The molecule has 2 aliphatic rings. The number of hydrogen-bond acceptors (Lipinski definition) is 3. The predicted molar refractivity (Wildman–Crippen MR) is 78.3 cm³/mol. The summed E-state index contributed by atoms with van der Waals surface area (Å²) in [6.07, 6.45) is 6.83. The van der Waals surface area contributed by atoms with Crippen LogP contribution in [-0.2, 0) is 9.59 Å². The molecule has 0 bridgehead atoms. The average Bonchev–Trinajstić information content (AvgIpc) is 3.22. The maximum atomic E-state index is 12.5. The first-order valence-electron chi connectivity index (χ1n) is 7.86. The van der Waals surface area contributed by atoms with Crippen LogP contribution >= 0.6 is 0 Å². The minimum atomic E-state index is -0.224. The van der Waals surface area contributed by atoms with Crippen molar-refractivity contribution in [3.8, 4) is 0 Å². The van der Waals surface area contributed by atoms with Gasteiger partial charge in [0.15, 0.2) is 0 Å². The lowest BCUT2D eigenvalue weighted by molar-refractivity contribution is -0.136. The van der Waals surface area contributed by atoms with Crippen molar-refractivity contribution in [1.29, 1.82) is 0 Å². The molecule has 1 atom stereocenters. The van der Waals surface area contributed by atoms with Crippen molar-refractivity contribution in [3.63, 3.8) is 0 Å². The number of likely N-dealkylation sites (N-methyl/N-ethyl adjacent to an activating group) is 1. The lowest BCUT2D eigenvalue weighted by Gasteiger charge is -2.29. The summed E-state index contributed by atoms with van der Waals surface area (Å²) in [7, 11) is 1.85. The summed E-state index contributed by atoms with van der Waals surface area (Å²) in [6.45, 7) is 3.94. The lowest BCUT2D eigenvalue weighted by Crippen LogP contribution is -2.49. The van der Waals surface area contributed by atoms with Gasteiger partial charge in [-0.25, -0.2) is 0 Å². The Morgan fingerprint density at radius 3 is 2.35 bits per heavy atom. The first-order valence-corrected chi connectivity index (χ1v) is 7.86. The fourth-order valence-corrected chi connectivity index (χ4v) is 2.61. The zero-order valence-electron chi connectivity index (χ0n) is 12.7. The summed E-state index contributed by atoms with van der Waals surface area (Å²) in [4.78, 5) is 28.1. The SMILES string of the molecule is CC(C(=O)N1CCCCCC1)N(C)CC(=O)NC1CC1. The molecule has 1 aliphatic heterocycles. The molecule has 1 saturated heterocycles. The standard InChI is InChI=1S/C15H27N3O2/c1-12(15(20)18-9-5-3-4-6-10-18)17(2)11-14(19)16-13-7-8-13/h12-13H,3-11H2,1-2H3,(H,16,19). The van der Waals surface area contributed by atoms with E-state index in [9.17, 15) is 9.59 Å². The second kappa shape index (κ2) is 7.07. The number of carbonyl (C=O) groups is 2. The van der Waals surface area contributed by atoms with Crippen molar-refractivity contribution < 1.29 is 9.59 Å². The van der Waals surface area contributed by atoms with Crippen LogP contribution < -0.4 is 5.32 Å². The summed E-state index contributed by atoms with van der Waals surface area (Å²) in [5.41, 5.74) is 0. The number of nitrogens with one attached hydrogen (secondary N) is 1. The predicted octanol–water partition coefficient (Wildman–Crippen LogP) is 0.988. The Hall–Kier alpha value is -1.10. The van der Waals surface area contributed by atoms with Crippen molar-refractivity contribution >= 4 is 11.8 Å². The zero-order valence-corrected chi connectivity index (χ0v) is 12.7. The van der Waals surface area contributed by atoms with Gasteiger partial charge >= 0.3 is 0 Å². The second-order valence-corrected chi connectivity index (χ2v) is 6.17. The molecular weight excluding hydrogens is 254 g/mol. The summed E-state index contributed by atoms with van der Waals surface area (Å²) >= 11 is 0. The molecular formula is C15H27N3O2. The highest BCUT2D eigenvalue weighted by Crippen LogP contribution is 2.18. The molecule has 1 heterocycles. The van der Waals surface area contributed by atoms with Crippen molar-refractivity contribution in [3.05, 3.63) is 0 Å². The minimum absolute atomic E-state index is 0.0329. The third-order valence-corrected chi connectivity index (χ3v) is 4.27. The molecule has 1 unspecified atom stereocenters. The number of hydrogen-bond donors (Lipinski definition) is 1. The van der Waals surface area contributed by atoms with Crippen LogP contribution in [0.1, 0.15) is 45.4 Å². The van der Waals surface area contributed by atoms with Gasteiger partial charge in [0, 0.05) is 19.1 Å². The van der Waals surface area contributed by atoms with E-state index in [0.29, 0.717) is 12.6 Å². The molecule has 1 N–H and O–H groups in total. The van der Waals surface area contributed by atoms with E-state index in [1.165, 1.54) is 12.8 Å². The van der Waals surface area contributed by atoms with Gasteiger partial charge in [-0.2, -0.15) is 0 Å². The second-order valence-electron chi connectivity index (χ2n) is 6.17. The number of likely N-dealkylation sites (tertiary alicyclic amines) is 1. The molecule has 5 nitrogen and oxygen atoms in total. The van der Waals surface area contributed by atoms with Crippen molar-refractivity contribution in [2.24, 2.45) is 0 Å². The van der Waals surface area contributed by atoms with Crippen LogP contribution in [0.3, 0.4) is 0 Å². The molecule has 0 radical (unpaired) electrons. The Bertz CT molecular complexity index is 347. The number of carbonyl (C=O) groups excluding carboxylic acids is 2. The van der Waals surface area contributed by atoms with E-state index in [2.05, 4.69) is 5.32 Å².